The van der Waals surface area contributed by atoms with Crippen molar-refractivity contribution >= 4 is 25.3 Å². The highest BCUT2D eigenvalue weighted by Crippen LogP contribution is 2.22. The van der Waals surface area contributed by atoms with Gasteiger partial charge in [0.2, 0.25) is 0 Å². The van der Waals surface area contributed by atoms with Gasteiger partial charge in [-0.1, -0.05) is 38.8 Å². The van der Waals surface area contributed by atoms with E-state index in [2.05, 4.69) is 27.4 Å². The van der Waals surface area contributed by atoms with Gasteiger partial charge in [-0.3, -0.25) is 0 Å². The molecule has 0 aliphatic rings. The van der Waals surface area contributed by atoms with Gasteiger partial charge in [0.25, 0.3) is 0 Å². The Hall–Kier alpha value is 0.220. The normalized spacial score (nSPS) is 15.5. The first kappa shape index (κ1) is 18.2. The Morgan fingerprint density at radius 3 is 2.44 bits per heavy atom. The average molecular weight is 287 g/mol. The molecule has 0 fully saturated rings. The molecule has 0 aromatic heterocycles. The molecular weight excluding hydrogens is 257 g/mol. The SMILES string of the molecule is C=C(C)C(N)CSC(CC)/C(C)=P\CCCCC. The molecule has 2 atom stereocenters. The first-order valence-electron chi connectivity index (χ1n) is 7.06. The van der Waals surface area contributed by atoms with Crippen LogP contribution in [0.1, 0.15) is 53.4 Å². The van der Waals surface area contributed by atoms with E-state index in [4.69, 9.17) is 5.73 Å². The maximum atomic E-state index is 6.03. The minimum Gasteiger partial charge on any atom is -0.324 e. The molecule has 0 bridgehead atoms. The van der Waals surface area contributed by atoms with Crippen LogP contribution in [-0.4, -0.2) is 28.5 Å². The van der Waals surface area contributed by atoms with Crippen molar-refractivity contribution in [2.75, 3.05) is 11.9 Å². The number of thioether (sulfide) groups is 1. The molecule has 106 valence electrons. The molecule has 3 heteroatoms. The van der Waals surface area contributed by atoms with Crippen molar-refractivity contribution in [3.8, 4) is 0 Å². The minimum atomic E-state index is 0.147. The van der Waals surface area contributed by atoms with Crippen LogP contribution < -0.4 is 5.73 Å². The molecule has 0 aliphatic heterocycles. The van der Waals surface area contributed by atoms with Crippen LogP contribution in [-0.2, 0) is 0 Å². The van der Waals surface area contributed by atoms with Crippen LogP contribution in [0.3, 0.4) is 0 Å². The van der Waals surface area contributed by atoms with Crippen molar-refractivity contribution in [1.29, 1.82) is 0 Å². The zero-order chi connectivity index (χ0) is 14.0. The Balaban J connectivity index is 4.10. The van der Waals surface area contributed by atoms with Crippen molar-refractivity contribution < 1.29 is 0 Å². The Morgan fingerprint density at radius 1 is 1.28 bits per heavy atom. The van der Waals surface area contributed by atoms with E-state index < -0.39 is 0 Å². The fourth-order valence-corrected chi connectivity index (χ4v) is 4.38. The van der Waals surface area contributed by atoms with Crippen LogP contribution in [0.2, 0.25) is 0 Å². The largest absolute Gasteiger partial charge is 0.324 e. The van der Waals surface area contributed by atoms with Crippen LogP contribution in [0, 0.1) is 0 Å². The average Bonchev–Trinajstić information content (AvgIpc) is 2.34. The summed E-state index contributed by atoms with van der Waals surface area (Å²) in [6.07, 6.45) is 6.57. The number of hydrogen-bond acceptors (Lipinski definition) is 2. The van der Waals surface area contributed by atoms with Gasteiger partial charge in [-0.15, -0.1) is 8.20 Å². The molecule has 1 nitrogen and oxygen atoms in total. The lowest BCUT2D eigenvalue weighted by atomic mass is 10.2. The van der Waals surface area contributed by atoms with E-state index in [0.29, 0.717) is 5.25 Å². The fraction of sp³-hybridized carbons (Fsp3) is 0.800. The minimum absolute atomic E-state index is 0.147. The highest BCUT2D eigenvalue weighted by atomic mass is 32.2. The summed E-state index contributed by atoms with van der Waals surface area (Å²) in [7, 11) is 1.54. The third-order valence-corrected chi connectivity index (χ3v) is 6.24. The molecule has 0 spiro atoms. The van der Waals surface area contributed by atoms with E-state index >= 15 is 0 Å². The topological polar surface area (TPSA) is 26.0 Å². The Bertz CT molecular complexity index is 263. The molecule has 2 unspecified atom stereocenters. The summed E-state index contributed by atoms with van der Waals surface area (Å²) in [6, 6.07) is 0.147. The molecule has 0 saturated heterocycles. The number of hydrogen-bond donors (Lipinski definition) is 1. The van der Waals surface area contributed by atoms with Crippen LogP contribution in [0.25, 0.3) is 0 Å². The molecule has 0 radical (unpaired) electrons. The monoisotopic (exact) mass is 287 g/mol. The predicted octanol–water partition coefficient (Wildman–Crippen LogP) is 4.73. The van der Waals surface area contributed by atoms with Gasteiger partial charge in [0, 0.05) is 17.0 Å². The van der Waals surface area contributed by atoms with Gasteiger partial charge < -0.3 is 5.73 Å². The van der Waals surface area contributed by atoms with Crippen LogP contribution in [0.15, 0.2) is 12.2 Å². The number of rotatable bonds is 10. The van der Waals surface area contributed by atoms with Crippen molar-refractivity contribution in [2.45, 2.75) is 64.7 Å². The fourth-order valence-electron chi connectivity index (χ4n) is 1.61. The van der Waals surface area contributed by atoms with Crippen LogP contribution >= 0.6 is 20.0 Å². The maximum absolute atomic E-state index is 6.03. The van der Waals surface area contributed by atoms with Gasteiger partial charge in [-0.25, -0.2) is 0 Å². The molecule has 0 saturated carbocycles. The highest BCUT2D eigenvalue weighted by Gasteiger charge is 2.12. The van der Waals surface area contributed by atoms with Gasteiger partial charge in [0.1, 0.15) is 0 Å². The molecule has 2 N–H and O–H groups in total. The van der Waals surface area contributed by atoms with E-state index in [1.165, 1.54) is 40.0 Å². The Kier molecular flexibility index (Phi) is 11.2. The smallest absolute Gasteiger partial charge is 0.0340 e. The predicted molar refractivity (Wildman–Crippen MR) is 91.3 cm³/mol. The molecule has 0 amide bonds. The summed E-state index contributed by atoms with van der Waals surface area (Å²) < 4.78 is 0. The lowest BCUT2D eigenvalue weighted by Gasteiger charge is -2.18. The zero-order valence-electron chi connectivity index (χ0n) is 12.5. The van der Waals surface area contributed by atoms with Gasteiger partial charge >= 0.3 is 0 Å². The van der Waals surface area contributed by atoms with Gasteiger partial charge in [-0.2, -0.15) is 11.8 Å². The first-order valence-corrected chi connectivity index (χ1v) is 9.19. The van der Waals surface area contributed by atoms with Crippen LogP contribution in [0.5, 0.6) is 0 Å². The van der Waals surface area contributed by atoms with E-state index in [1.54, 1.807) is 5.29 Å². The van der Waals surface area contributed by atoms with Gasteiger partial charge in [0.05, 0.1) is 0 Å². The van der Waals surface area contributed by atoms with Crippen molar-refractivity contribution in [2.24, 2.45) is 5.73 Å². The van der Waals surface area contributed by atoms with E-state index in [-0.39, 0.29) is 6.04 Å². The molecular formula is C15H30NPS. The Labute approximate surface area is 120 Å². The quantitative estimate of drug-likeness (QED) is 0.357. The first-order chi connectivity index (χ1) is 8.52. The van der Waals surface area contributed by atoms with Gasteiger partial charge in [-0.05, 0) is 38.1 Å². The molecule has 0 heterocycles. The lowest BCUT2D eigenvalue weighted by molar-refractivity contribution is 0.778. The summed E-state index contributed by atoms with van der Waals surface area (Å²) in [5, 5.41) is 2.28. The summed E-state index contributed by atoms with van der Waals surface area (Å²) in [5.74, 6) is 0.996. The molecule has 0 aromatic carbocycles. The van der Waals surface area contributed by atoms with Crippen molar-refractivity contribution in [3.05, 3.63) is 12.2 Å². The summed E-state index contributed by atoms with van der Waals surface area (Å²) in [6.45, 7) is 12.8. The van der Waals surface area contributed by atoms with Crippen LogP contribution in [0.4, 0.5) is 0 Å². The summed E-state index contributed by atoms with van der Waals surface area (Å²) >= 11 is 2.00. The summed E-state index contributed by atoms with van der Waals surface area (Å²) in [4.78, 5) is 0. The molecule has 0 aromatic rings. The zero-order valence-corrected chi connectivity index (χ0v) is 14.2. The molecule has 0 aliphatic carbocycles. The second-order valence-corrected chi connectivity index (χ2v) is 7.62. The van der Waals surface area contributed by atoms with E-state index in [0.717, 1.165) is 11.3 Å². The summed E-state index contributed by atoms with van der Waals surface area (Å²) in [5.41, 5.74) is 7.12. The molecule has 18 heavy (non-hydrogen) atoms. The maximum Gasteiger partial charge on any atom is 0.0340 e. The van der Waals surface area contributed by atoms with Gasteiger partial charge in [0.15, 0.2) is 0 Å². The lowest BCUT2D eigenvalue weighted by Crippen LogP contribution is -2.26. The Morgan fingerprint density at radius 2 is 1.94 bits per heavy atom. The standard InChI is InChI=1S/C15H30NPS/c1-6-8-9-10-17-13(5)15(7-2)18-11-14(16)12(3)4/h14-15H,3,6-11,16H2,1-2,4-5H3. The van der Waals surface area contributed by atoms with E-state index in [9.17, 15) is 0 Å². The van der Waals surface area contributed by atoms with Crippen molar-refractivity contribution in [1.82, 2.24) is 0 Å². The third-order valence-electron chi connectivity index (χ3n) is 3.07. The second-order valence-electron chi connectivity index (χ2n) is 4.91. The number of unbranched alkanes of at least 4 members (excludes halogenated alkanes) is 2. The second kappa shape index (κ2) is 11.1. The van der Waals surface area contributed by atoms with Crippen molar-refractivity contribution in [3.63, 3.8) is 0 Å². The third kappa shape index (κ3) is 8.34. The number of nitrogens with two attached hydrogens (primary N) is 1. The van der Waals surface area contributed by atoms with E-state index in [1.807, 2.05) is 18.7 Å². The highest BCUT2D eigenvalue weighted by molar-refractivity contribution is 8.01. The molecule has 0 rings (SSSR count).